The highest BCUT2D eigenvalue weighted by Crippen LogP contribution is 2.38. The van der Waals surface area contributed by atoms with Crippen LogP contribution in [0.3, 0.4) is 0 Å². The van der Waals surface area contributed by atoms with E-state index in [1.54, 1.807) is 12.1 Å². The Bertz CT molecular complexity index is 831. The van der Waals surface area contributed by atoms with Crippen molar-refractivity contribution in [3.63, 3.8) is 0 Å². The highest BCUT2D eigenvalue weighted by atomic mass is 19.1. The van der Waals surface area contributed by atoms with Gasteiger partial charge in [-0.3, -0.25) is 9.69 Å². The molecule has 1 saturated heterocycles. The Morgan fingerprint density at radius 2 is 1.70 bits per heavy atom. The number of likely N-dealkylation sites (tertiary alicyclic amines) is 1. The molecule has 2 unspecified atom stereocenters. The largest absolute Gasteiger partial charge is 0.342 e. The van der Waals surface area contributed by atoms with E-state index >= 15 is 0 Å². The van der Waals surface area contributed by atoms with Crippen LogP contribution in [-0.2, 0) is 10.3 Å². The van der Waals surface area contributed by atoms with E-state index in [4.69, 9.17) is 0 Å². The lowest BCUT2D eigenvalue weighted by atomic mass is 9.79. The van der Waals surface area contributed by atoms with Crippen LogP contribution in [0.4, 0.5) is 4.39 Å². The minimum absolute atomic E-state index is 0.0618. The van der Waals surface area contributed by atoms with E-state index in [0.29, 0.717) is 25.2 Å². The summed E-state index contributed by atoms with van der Waals surface area (Å²) in [5.41, 5.74) is 1.84. The fourth-order valence-corrected chi connectivity index (χ4v) is 4.83. The number of halogens is 1. The topological polar surface area (TPSA) is 35.6 Å². The first-order valence-corrected chi connectivity index (χ1v) is 10.8. The van der Waals surface area contributed by atoms with E-state index < -0.39 is 0 Å². The molecular weight excluding hydrogens is 377 g/mol. The van der Waals surface area contributed by atoms with E-state index in [1.807, 2.05) is 31.0 Å². The van der Waals surface area contributed by atoms with Gasteiger partial charge in [0, 0.05) is 25.2 Å². The van der Waals surface area contributed by atoms with Gasteiger partial charge < -0.3 is 10.2 Å². The van der Waals surface area contributed by atoms with Gasteiger partial charge in [-0.15, -0.1) is 0 Å². The van der Waals surface area contributed by atoms with E-state index in [1.165, 1.54) is 11.6 Å². The number of hydrogen-bond donors (Lipinski definition) is 1. The zero-order valence-corrected chi connectivity index (χ0v) is 18.6. The van der Waals surface area contributed by atoms with Crippen molar-refractivity contribution in [3.05, 3.63) is 71.5 Å². The van der Waals surface area contributed by atoms with Crippen LogP contribution in [0.2, 0.25) is 0 Å². The Labute approximate surface area is 180 Å². The summed E-state index contributed by atoms with van der Waals surface area (Å²) in [6, 6.07) is 17.4. The van der Waals surface area contributed by atoms with Crippen molar-refractivity contribution in [2.75, 3.05) is 40.8 Å². The minimum atomic E-state index is -0.296. The second kappa shape index (κ2) is 9.71. The molecule has 0 radical (unpaired) electrons. The predicted octanol–water partition coefficient (Wildman–Crippen LogP) is 3.84. The van der Waals surface area contributed by atoms with Crippen molar-refractivity contribution < 1.29 is 9.18 Å². The molecule has 1 amide bonds. The summed E-state index contributed by atoms with van der Waals surface area (Å²) in [6.45, 7) is 3.89. The van der Waals surface area contributed by atoms with Crippen LogP contribution in [0, 0.1) is 11.7 Å². The number of amides is 1. The predicted molar refractivity (Wildman–Crippen MR) is 120 cm³/mol. The lowest BCUT2D eigenvalue weighted by Gasteiger charge is -2.47. The maximum Gasteiger partial charge on any atom is 0.227 e. The zero-order chi connectivity index (χ0) is 21.7. The number of nitrogens with zero attached hydrogens (tertiary/aromatic N) is 2. The van der Waals surface area contributed by atoms with Crippen LogP contribution in [0.1, 0.15) is 36.8 Å². The van der Waals surface area contributed by atoms with Crippen molar-refractivity contribution >= 4 is 5.91 Å². The summed E-state index contributed by atoms with van der Waals surface area (Å²) in [6.07, 6.45) is 1.77. The molecule has 5 heteroatoms. The number of nitrogens with one attached hydrogen (secondary N) is 1. The summed E-state index contributed by atoms with van der Waals surface area (Å²) in [5.74, 6) is -0.620. The number of piperidine rings is 1. The molecule has 0 spiro atoms. The molecule has 1 aliphatic heterocycles. The van der Waals surface area contributed by atoms with Gasteiger partial charge in [-0.05, 0) is 57.1 Å². The van der Waals surface area contributed by atoms with Crippen LogP contribution in [0.15, 0.2) is 54.6 Å². The van der Waals surface area contributed by atoms with Gasteiger partial charge in [0.25, 0.3) is 0 Å². The lowest BCUT2D eigenvalue weighted by Crippen LogP contribution is -2.53. The average Bonchev–Trinajstić information content (AvgIpc) is 2.77. The maximum absolute atomic E-state index is 14.4. The van der Waals surface area contributed by atoms with Gasteiger partial charge in [-0.25, -0.2) is 4.39 Å². The number of carbonyl (C=O) groups excluding carboxylic acids is 1. The number of carbonyl (C=O) groups is 1. The Morgan fingerprint density at radius 1 is 1.10 bits per heavy atom. The fraction of sp³-hybridized carbons (Fsp3) is 0.480. The van der Waals surface area contributed by atoms with Crippen molar-refractivity contribution in [1.29, 1.82) is 0 Å². The molecule has 162 valence electrons. The first-order chi connectivity index (χ1) is 14.4. The van der Waals surface area contributed by atoms with Crippen molar-refractivity contribution in [2.45, 2.75) is 31.2 Å². The number of hydrogen-bond acceptors (Lipinski definition) is 3. The Kier molecular flexibility index (Phi) is 7.27. The first kappa shape index (κ1) is 22.4. The third kappa shape index (κ3) is 4.42. The molecule has 2 aromatic carbocycles. The molecule has 0 aromatic heterocycles. The van der Waals surface area contributed by atoms with Crippen molar-refractivity contribution in [3.8, 4) is 0 Å². The monoisotopic (exact) mass is 411 g/mol. The van der Waals surface area contributed by atoms with Gasteiger partial charge in [-0.1, -0.05) is 55.5 Å². The summed E-state index contributed by atoms with van der Waals surface area (Å²) < 4.78 is 14.4. The van der Waals surface area contributed by atoms with E-state index in [-0.39, 0.29) is 29.1 Å². The third-order valence-corrected chi connectivity index (χ3v) is 6.81. The van der Waals surface area contributed by atoms with E-state index in [0.717, 1.165) is 12.8 Å². The van der Waals surface area contributed by atoms with Crippen LogP contribution in [0.25, 0.3) is 0 Å². The normalized spacial score (nSPS) is 18.3. The molecule has 3 rings (SSSR count). The molecule has 0 saturated carbocycles. The molecule has 30 heavy (non-hydrogen) atoms. The SMILES string of the molecule is CNCC(C(=O)N1CCC(c2ccccc2)(N(C)C)CC1)C(C)c1ccccc1F. The zero-order valence-electron chi connectivity index (χ0n) is 18.6. The third-order valence-electron chi connectivity index (χ3n) is 6.81. The Balaban J connectivity index is 1.77. The molecule has 2 atom stereocenters. The van der Waals surface area contributed by atoms with Crippen LogP contribution in [-0.4, -0.2) is 56.5 Å². The average molecular weight is 412 g/mol. The van der Waals surface area contributed by atoms with Gasteiger partial charge in [0.05, 0.1) is 5.92 Å². The quantitative estimate of drug-likeness (QED) is 0.752. The molecule has 0 bridgehead atoms. The smallest absolute Gasteiger partial charge is 0.227 e. The highest BCUT2D eigenvalue weighted by Gasteiger charge is 2.41. The Morgan fingerprint density at radius 3 is 2.27 bits per heavy atom. The van der Waals surface area contributed by atoms with Gasteiger partial charge >= 0.3 is 0 Å². The minimum Gasteiger partial charge on any atom is -0.342 e. The number of rotatable bonds is 7. The summed E-state index contributed by atoms with van der Waals surface area (Å²) in [5, 5.41) is 3.14. The van der Waals surface area contributed by atoms with Gasteiger partial charge in [0.15, 0.2) is 0 Å². The standard InChI is InChI=1S/C25H34FN3O/c1-19(21-12-8-9-13-23(21)26)22(18-27-2)24(30)29-16-14-25(15-17-29,28(3)4)20-10-6-5-7-11-20/h5-13,19,22,27H,14-18H2,1-4H3. The maximum atomic E-state index is 14.4. The van der Waals surface area contributed by atoms with Gasteiger partial charge in [-0.2, -0.15) is 0 Å². The second-order valence-electron chi connectivity index (χ2n) is 8.59. The summed E-state index contributed by atoms with van der Waals surface area (Å²) >= 11 is 0. The van der Waals surface area contributed by atoms with Crippen LogP contribution in [0.5, 0.6) is 0 Å². The first-order valence-electron chi connectivity index (χ1n) is 10.8. The molecule has 2 aromatic rings. The van der Waals surface area contributed by atoms with Crippen LogP contribution < -0.4 is 5.32 Å². The number of benzene rings is 2. The summed E-state index contributed by atoms with van der Waals surface area (Å²) in [4.78, 5) is 17.7. The second-order valence-corrected chi connectivity index (χ2v) is 8.59. The van der Waals surface area contributed by atoms with E-state index in [9.17, 15) is 9.18 Å². The van der Waals surface area contributed by atoms with Crippen molar-refractivity contribution in [2.24, 2.45) is 5.92 Å². The van der Waals surface area contributed by atoms with Crippen molar-refractivity contribution in [1.82, 2.24) is 15.1 Å². The van der Waals surface area contributed by atoms with Gasteiger partial charge in [0.2, 0.25) is 5.91 Å². The molecule has 0 aliphatic carbocycles. The Hall–Kier alpha value is -2.24. The lowest BCUT2D eigenvalue weighted by molar-refractivity contribution is -0.138. The van der Waals surface area contributed by atoms with Crippen LogP contribution >= 0.6 is 0 Å². The van der Waals surface area contributed by atoms with E-state index in [2.05, 4.69) is 48.6 Å². The molecule has 1 fully saturated rings. The molecule has 1 aliphatic rings. The molecule has 1 heterocycles. The highest BCUT2D eigenvalue weighted by molar-refractivity contribution is 5.80. The molecule has 1 N–H and O–H groups in total. The fourth-order valence-electron chi connectivity index (χ4n) is 4.83. The summed E-state index contributed by atoms with van der Waals surface area (Å²) in [7, 11) is 6.08. The molecule has 4 nitrogen and oxygen atoms in total. The van der Waals surface area contributed by atoms with Gasteiger partial charge in [0.1, 0.15) is 5.82 Å². The molecular formula is C25H34FN3O.